The van der Waals surface area contributed by atoms with Gasteiger partial charge in [0.1, 0.15) is 17.3 Å². The first-order valence-electron chi connectivity index (χ1n) is 8.79. The summed E-state index contributed by atoms with van der Waals surface area (Å²) in [5.74, 6) is -1.39. The second-order valence-corrected chi connectivity index (χ2v) is 7.37. The summed E-state index contributed by atoms with van der Waals surface area (Å²) in [7, 11) is 0. The Kier molecular flexibility index (Phi) is 5.16. The number of carboxylic acids is 1. The van der Waals surface area contributed by atoms with Crippen LogP contribution < -0.4 is 4.90 Å². The summed E-state index contributed by atoms with van der Waals surface area (Å²) < 4.78 is 10.4. The molecule has 2 aromatic rings. The lowest BCUT2D eigenvalue weighted by Gasteiger charge is -2.35. The van der Waals surface area contributed by atoms with Crippen LogP contribution >= 0.6 is 0 Å². The zero-order valence-electron chi connectivity index (χ0n) is 15.9. The molecule has 0 aliphatic carbocycles. The monoisotopic (exact) mass is 387 g/mol. The Balaban J connectivity index is 1.72. The molecule has 0 spiro atoms. The quantitative estimate of drug-likeness (QED) is 0.793. The summed E-state index contributed by atoms with van der Waals surface area (Å²) >= 11 is 0. The molecule has 0 saturated carbocycles. The smallest absolute Gasteiger partial charge is 0.475 e. The van der Waals surface area contributed by atoms with Gasteiger partial charge in [-0.1, -0.05) is 0 Å². The number of nitrogens with zero attached hydrogens (tertiary/aromatic N) is 3. The maximum Gasteiger partial charge on any atom is 0.528 e. The summed E-state index contributed by atoms with van der Waals surface area (Å²) in [5.41, 5.74) is 0.764. The van der Waals surface area contributed by atoms with Crippen LogP contribution in [0, 0.1) is 11.3 Å². The number of nitriles is 1. The van der Waals surface area contributed by atoms with E-state index < -0.39 is 17.7 Å². The Labute approximate surface area is 161 Å². The fourth-order valence-corrected chi connectivity index (χ4v) is 2.98. The second kappa shape index (κ2) is 7.40. The van der Waals surface area contributed by atoms with Gasteiger partial charge in [0, 0.05) is 24.5 Å². The molecule has 1 aliphatic rings. The van der Waals surface area contributed by atoms with Crippen LogP contribution in [0.15, 0.2) is 22.6 Å². The van der Waals surface area contributed by atoms with E-state index >= 15 is 0 Å². The van der Waals surface area contributed by atoms with Crippen molar-refractivity contribution in [3.63, 3.8) is 0 Å². The van der Waals surface area contributed by atoms with E-state index in [4.69, 9.17) is 19.1 Å². The fraction of sp³-hybridized carbons (Fsp3) is 0.421. The van der Waals surface area contributed by atoms with E-state index in [0.717, 1.165) is 0 Å². The van der Waals surface area contributed by atoms with Gasteiger partial charge in [-0.3, -0.25) is 0 Å². The number of anilines is 1. The van der Waals surface area contributed by atoms with E-state index in [-0.39, 0.29) is 5.76 Å². The van der Waals surface area contributed by atoms with E-state index in [2.05, 4.69) is 6.07 Å². The number of piperazine rings is 1. The topological polar surface area (TPSA) is 116 Å². The summed E-state index contributed by atoms with van der Waals surface area (Å²) in [6.07, 6.45) is -0.750. The first-order valence-corrected chi connectivity index (χ1v) is 8.79. The standard InChI is InChI=1S/C19H21N3O6/c1-19(2,3)27-18(25)28-22-8-6-21(7-9-22)14-4-5-15-12(13(14)11-20)10-16(26-15)17(23)24/h4-5,10H,6-9H2,1-3H3,(H,23,24). The Bertz CT molecular complexity index is 945. The minimum absolute atomic E-state index is 0.209. The van der Waals surface area contributed by atoms with E-state index in [9.17, 15) is 14.9 Å². The van der Waals surface area contributed by atoms with E-state index in [1.807, 2.05) is 4.90 Å². The highest BCUT2D eigenvalue weighted by molar-refractivity contribution is 5.96. The molecule has 2 heterocycles. The van der Waals surface area contributed by atoms with Gasteiger partial charge < -0.3 is 24.0 Å². The lowest BCUT2D eigenvalue weighted by atomic mass is 10.1. The average Bonchev–Trinajstić information content (AvgIpc) is 3.04. The number of hydrogen-bond acceptors (Lipinski definition) is 8. The van der Waals surface area contributed by atoms with Crippen LogP contribution in [0.2, 0.25) is 0 Å². The van der Waals surface area contributed by atoms with Gasteiger partial charge in [-0.05, 0) is 32.9 Å². The van der Waals surface area contributed by atoms with Crippen LogP contribution in [0.1, 0.15) is 36.9 Å². The predicted octanol–water partition coefficient (Wildman–Crippen LogP) is 2.99. The highest BCUT2D eigenvalue weighted by Gasteiger charge is 2.26. The van der Waals surface area contributed by atoms with Gasteiger partial charge in [-0.2, -0.15) is 5.26 Å². The molecule has 0 unspecified atom stereocenters. The van der Waals surface area contributed by atoms with Crippen molar-refractivity contribution in [1.82, 2.24) is 5.06 Å². The summed E-state index contributed by atoms with van der Waals surface area (Å²) in [6.45, 7) is 7.20. The van der Waals surface area contributed by atoms with Crippen LogP contribution in [0.4, 0.5) is 10.5 Å². The van der Waals surface area contributed by atoms with Crippen LogP contribution in [0.5, 0.6) is 0 Å². The summed E-state index contributed by atoms with van der Waals surface area (Å²) in [5, 5.41) is 20.7. The Morgan fingerprint density at radius 1 is 1.21 bits per heavy atom. The highest BCUT2D eigenvalue weighted by atomic mass is 16.8. The lowest BCUT2D eigenvalue weighted by Crippen LogP contribution is -2.47. The Morgan fingerprint density at radius 3 is 2.46 bits per heavy atom. The predicted molar refractivity (Wildman–Crippen MR) is 99.0 cm³/mol. The van der Waals surface area contributed by atoms with Gasteiger partial charge in [0.2, 0.25) is 5.76 Å². The molecule has 9 nitrogen and oxygen atoms in total. The third-order valence-electron chi connectivity index (χ3n) is 4.17. The van der Waals surface area contributed by atoms with E-state index in [1.165, 1.54) is 11.1 Å². The van der Waals surface area contributed by atoms with Crippen molar-refractivity contribution in [2.24, 2.45) is 0 Å². The molecule has 9 heteroatoms. The number of carboxylic acid groups (broad SMARTS) is 1. The molecular weight excluding hydrogens is 366 g/mol. The summed E-state index contributed by atoms with van der Waals surface area (Å²) in [6, 6.07) is 6.90. The van der Waals surface area contributed by atoms with Gasteiger partial charge in [-0.15, -0.1) is 5.06 Å². The van der Waals surface area contributed by atoms with Crippen molar-refractivity contribution >= 4 is 28.8 Å². The lowest BCUT2D eigenvalue weighted by molar-refractivity contribution is -0.144. The average molecular weight is 387 g/mol. The molecule has 0 amide bonds. The first-order chi connectivity index (χ1) is 13.2. The number of fused-ring (bicyclic) bond motifs is 1. The van der Waals surface area contributed by atoms with Crippen molar-refractivity contribution in [3.05, 3.63) is 29.5 Å². The molecule has 1 saturated heterocycles. The van der Waals surface area contributed by atoms with Crippen LogP contribution in [0.3, 0.4) is 0 Å². The normalized spacial score (nSPS) is 15.3. The molecular formula is C19H21N3O6. The van der Waals surface area contributed by atoms with Gasteiger partial charge >= 0.3 is 12.1 Å². The Hall–Kier alpha value is -3.25. The number of rotatable bonds is 3. The van der Waals surface area contributed by atoms with Crippen molar-refractivity contribution in [3.8, 4) is 6.07 Å². The van der Waals surface area contributed by atoms with Crippen LogP contribution in [-0.2, 0) is 9.57 Å². The minimum Gasteiger partial charge on any atom is -0.475 e. The maximum absolute atomic E-state index is 11.8. The van der Waals surface area contributed by atoms with Crippen molar-refractivity contribution in [1.29, 1.82) is 5.26 Å². The third kappa shape index (κ3) is 4.18. The number of ether oxygens (including phenoxy) is 1. The molecule has 1 aliphatic heterocycles. The number of benzene rings is 1. The number of carbonyl (C=O) groups excluding carboxylic acids is 1. The number of hydrogen-bond donors (Lipinski definition) is 1. The third-order valence-corrected chi connectivity index (χ3v) is 4.17. The van der Waals surface area contributed by atoms with E-state index in [0.29, 0.717) is 48.4 Å². The number of aromatic carboxylic acids is 1. The number of hydroxylamine groups is 2. The Morgan fingerprint density at radius 2 is 1.89 bits per heavy atom. The molecule has 1 aromatic heterocycles. The first kappa shape index (κ1) is 19.5. The van der Waals surface area contributed by atoms with Crippen LogP contribution in [-0.4, -0.2) is 54.1 Å². The molecule has 1 N–H and O–H groups in total. The molecule has 1 aromatic carbocycles. The molecule has 0 radical (unpaired) electrons. The SMILES string of the molecule is CC(C)(C)OC(=O)ON1CCN(c2ccc3oc(C(=O)O)cc3c2C#N)CC1. The zero-order chi connectivity index (χ0) is 20.5. The van der Waals surface area contributed by atoms with Gasteiger partial charge in [0.25, 0.3) is 0 Å². The molecule has 0 atom stereocenters. The fourth-order valence-electron chi connectivity index (χ4n) is 2.98. The molecule has 148 valence electrons. The van der Waals surface area contributed by atoms with Gasteiger partial charge in [0.15, 0.2) is 0 Å². The molecule has 1 fully saturated rings. The van der Waals surface area contributed by atoms with Gasteiger partial charge in [0.05, 0.1) is 24.3 Å². The van der Waals surface area contributed by atoms with Crippen LogP contribution in [0.25, 0.3) is 11.0 Å². The zero-order valence-corrected chi connectivity index (χ0v) is 15.9. The number of carbonyl (C=O) groups is 2. The van der Waals surface area contributed by atoms with E-state index in [1.54, 1.807) is 32.9 Å². The van der Waals surface area contributed by atoms with Gasteiger partial charge in [-0.25, -0.2) is 9.59 Å². The maximum atomic E-state index is 11.8. The summed E-state index contributed by atoms with van der Waals surface area (Å²) in [4.78, 5) is 30.1. The van der Waals surface area contributed by atoms with Crippen molar-refractivity contribution < 1.29 is 28.7 Å². The molecule has 0 bridgehead atoms. The molecule has 28 heavy (non-hydrogen) atoms. The minimum atomic E-state index is -1.19. The highest BCUT2D eigenvalue weighted by Crippen LogP contribution is 2.31. The molecule has 3 rings (SSSR count). The number of furan rings is 1. The van der Waals surface area contributed by atoms with Crippen molar-refractivity contribution in [2.75, 3.05) is 31.1 Å². The van der Waals surface area contributed by atoms with Crippen molar-refractivity contribution in [2.45, 2.75) is 26.4 Å². The largest absolute Gasteiger partial charge is 0.528 e. The second-order valence-electron chi connectivity index (χ2n) is 7.37.